The first-order chi connectivity index (χ1) is 9.36. The van der Waals surface area contributed by atoms with Gasteiger partial charge in [-0.3, -0.25) is 4.98 Å². The van der Waals surface area contributed by atoms with Gasteiger partial charge in [-0.2, -0.15) is 0 Å². The van der Waals surface area contributed by atoms with Crippen molar-refractivity contribution in [3.63, 3.8) is 0 Å². The minimum Gasteiger partial charge on any atom is -0.484 e. The molecule has 0 saturated heterocycles. The molecule has 0 N–H and O–H groups in total. The standard InChI is InChI=1S/C14H11ClN2OS/c15-7-11-9-19-13(17-11)8-18-12-5-1-3-10-4-2-6-16-14(10)12/h1-6,9H,7-8H2. The van der Waals surface area contributed by atoms with Gasteiger partial charge in [-0.15, -0.1) is 22.9 Å². The number of hydrogen-bond acceptors (Lipinski definition) is 4. The average molecular weight is 291 g/mol. The van der Waals surface area contributed by atoms with Crippen molar-refractivity contribution in [2.24, 2.45) is 0 Å². The van der Waals surface area contributed by atoms with Crippen LogP contribution < -0.4 is 4.74 Å². The van der Waals surface area contributed by atoms with Crippen molar-refractivity contribution in [3.05, 3.63) is 52.6 Å². The number of nitrogens with zero attached hydrogens (tertiary/aromatic N) is 2. The Morgan fingerprint density at radius 2 is 2.11 bits per heavy atom. The van der Waals surface area contributed by atoms with Crippen LogP contribution in [0.15, 0.2) is 41.9 Å². The lowest BCUT2D eigenvalue weighted by molar-refractivity contribution is 0.308. The van der Waals surface area contributed by atoms with E-state index < -0.39 is 0 Å². The Hall–Kier alpha value is -1.65. The van der Waals surface area contributed by atoms with Crippen LogP contribution in [0.2, 0.25) is 0 Å². The van der Waals surface area contributed by atoms with Crippen molar-refractivity contribution in [2.45, 2.75) is 12.5 Å². The predicted octanol–water partition coefficient (Wildman–Crippen LogP) is 4.01. The van der Waals surface area contributed by atoms with Crippen LogP contribution in [-0.4, -0.2) is 9.97 Å². The molecule has 0 saturated carbocycles. The van der Waals surface area contributed by atoms with Crippen molar-refractivity contribution in [1.82, 2.24) is 9.97 Å². The molecule has 5 heteroatoms. The summed E-state index contributed by atoms with van der Waals surface area (Å²) in [5.41, 5.74) is 1.76. The van der Waals surface area contributed by atoms with E-state index in [1.54, 1.807) is 17.5 Å². The predicted molar refractivity (Wildman–Crippen MR) is 77.7 cm³/mol. The highest BCUT2D eigenvalue weighted by Crippen LogP contribution is 2.24. The Kier molecular flexibility index (Phi) is 3.62. The number of hydrogen-bond donors (Lipinski definition) is 0. The summed E-state index contributed by atoms with van der Waals surface area (Å²) in [6, 6.07) is 9.84. The number of benzene rings is 1. The number of aromatic nitrogens is 2. The second-order valence-corrected chi connectivity index (χ2v) is 5.20. The molecule has 0 atom stereocenters. The number of halogens is 1. The fraction of sp³-hybridized carbons (Fsp3) is 0.143. The zero-order valence-corrected chi connectivity index (χ0v) is 11.6. The van der Waals surface area contributed by atoms with Crippen molar-refractivity contribution >= 4 is 33.8 Å². The molecule has 3 nitrogen and oxygen atoms in total. The van der Waals surface area contributed by atoms with Gasteiger partial charge in [0, 0.05) is 17.0 Å². The second kappa shape index (κ2) is 5.55. The molecular weight excluding hydrogens is 280 g/mol. The first-order valence-electron chi connectivity index (χ1n) is 5.82. The summed E-state index contributed by atoms with van der Waals surface area (Å²) in [4.78, 5) is 8.72. The molecule has 0 amide bonds. The molecule has 0 fully saturated rings. The Morgan fingerprint density at radius 1 is 1.21 bits per heavy atom. The Labute approximate surface area is 119 Å². The summed E-state index contributed by atoms with van der Waals surface area (Å²) >= 11 is 7.29. The number of thiazole rings is 1. The molecule has 0 aliphatic heterocycles. The van der Waals surface area contributed by atoms with Crippen LogP contribution >= 0.6 is 22.9 Å². The molecule has 0 unspecified atom stereocenters. The van der Waals surface area contributed by atoms with Gasteiger partial charge in [0.15, 0.2) is 0 Å². The van der Waals surface area contributed by atoms with Gasteiger partial charge in [-0.05, 0) is 12.1 Å². The highest BCUT2D eigenvalue weighted by Gasteiger charge is 2.05. The van der Waals surface area contributed by atoms with Gasteiger partial charge in [0.1, 0.15) is 22.9 Å². The van der Waals surface area contributed by atoms with E-state index in [0.29, 0.717) is 12.5 Å². The molecule has 3 aromatic rings. The third-order valence-corrected chi connectivity index (χ3v) is 3.83. The van der Waals surface area contributed by atoms with Gasteiger partial charge in [-0.25, -0.2) is 4.98 Å². The van der Waals surface area contributed by atoms with E-state index in [-0.39, 0.29) is 0 Å². The Morgan fingerprint density at radius 3 is 2.95 bits per heavy atom. The van der Waals surface area contributed by atoms with Gasteiger partial charge in [0.25, 0.3) is 0 Å². The maximum Gasteiger partial charge on any atom is 0.146 e. The fourth-order valence-electron chi connectivity index (χ4n) is 1.81. The van der Waals surface area contributed by atoms with E-state index in [1.165, 1.54) is 0 Å². The first kappa shape index (κ1) is 12.4. The second-order valence-electron chi connectivity index (χ2n) is 3.99. The van der Waals surface area contributed by atoms with Gasteiger partial charge < -0.3 is 4.74 Å². The van der Waals surface area contributed by atoms with Crippen LogP contribution in [0.25, 0.3) is 10.9 Å². The van der Waals surface area contributed by atoms with Crippen LogP contribution in [0.4, 0.5) is 0 Å². The number of ether oxygens (including phenoxy) is 1. The van der Waals surface area contributed by atoms with Crippen LogP contribution in [-0.2, 0) is 12.5 Å². The lowest BCUT2D eigenvalue weighted by atomic mass is 10.2. The molecule has 0 aliphatic rings. The maximum atomic E-state index is 5.81. The number of alkyl halides is 1. The highest BCUT2D eigenvalue weighted by atomic mass is 35.5. The molecular formula is C14H11ClN2OS. The molecule has 96 valence electrons. The number of rotatable bonds is 4. The van der Waals surface area contributed by atoms with E-state index in [4.69, 9.17) is 16.3 Å². The lowest BCUT2D eigenvalue weighted by Gasteiger charge is -2.06. The number of pyridine rings is 1. The van der Waals surface area contributed by atoms with E-state index >= 15 is 0 Å². The van der Waals surface area contributed by atoms with E-state index in [2.05, 4.69) is 9.97 Å². The number of para-hydroxylation sites is 1. The zero-order valence-electron chi connectivity index (χ0n) is 10.0. The van der Waals surface area contributed by atoms with Gasteiger partial charge in [0.05, 0.1) is 11.6 Å². The third kappa shape index (κ3) is 2.69. The first-order valence-corrected chi connectivity index (χ1v) is 7.24. The monoisotopic (exact) mass is 290 g/mol. The normalized spacial score (nSPS) is 10.8. The molecule has 3 rings (SSSR count). The quantitative estimate of drug-likeness (QED) is 0.681. The average Bonchev–Trinajstić information content (AvgIpc) is 2.93. The zero-order chi connectivity index (χ0) is 13.1. The van der Waals surface area contributed by atoms with Crippen molar-refractivity contribution in [3.8, 4) is 5.75 Å². The summed E-state index contributed by atoms with van der Waals surface area (Å²) in [7, 11) is 0. The molecule has 0 radical (unpaired) electrons. The highest BCUT2D eigenvalue weighted by molar-refractivity contribution is 7.09. The Balaban J connectivity index is 1.81. The molecule has 19 heavy (non-hydrogen) atoms. The topological polar surface area (TPSA) is 35.0 Å². The molecule has 0 bridgehead atoms. The van der Waals surface area contributed by atoms with Crippen LogP contribution in [0.1, 0.15) is 10.7 Å². The molecule has 0 spiro atoms. The fourth-order valence-corrected chi connectivity index (χ4v) is 2.74. The molecule has 2 heterocycles. The summed E-state index contributed by atoms with van der Waals surface area (Å²) in [5, 5.41) is 3.94. The largest absolute Gasteiger partial charge is 0.484 e. The van der Waals surface area contributed by atoms with Gasteiger partial charge >= 0.3 is 0 Å². The van der Waals surface area contributed by atoms with Crippen molar-refractivity contribution < 1.29 is 4.74 Å². The maximum absolute atomic E-state index is 5.81. The minimum absolute atomic E-state index is 0.437. The summed E-state index contributed by atoms with van der Waals surface area (Å²) in [6.45, 7) is 0.442. The third-order valence-electron chi connectivity index (χ3n) is 2.68. The lowest BCUT2D eigenvalue weighted by Crippen LogP contribution is -1.96. The Bertz CT molecular complexity index is 693. The van der Waals surface area contributed by atoms with E-state index in [0.717, 1.165) is 27.4 Å². The summed E-state index contributed by atoms with van der Waals surface area (Å²) in [5.74, 6) is 1.22. The van der Waals surface area contributed by atoms with Crippen LogP contribution in [0.3, 0.4) is 0 Å². The summed E-state index contributed by atoms with van der Waals surface area (Å²) in [6.07, 6.45) is 1.77. The molecule has 2 aromatic heterocycles. The van der Waals surface area contributed by atoms with Crippen molar-refractivity contribution in [2.75, 3.05) is 0 Å². The summed E-state index contributed by atoms with van der Waals surface area (Å²) < 4.78 is 5.81. The van der Waals surface area contributed by atoms with Crippen molar-refractivity contribution in [1.29, 1.82) is 0 Å². The van der Waals surface area contributed by atoms with Crippen LogP contribution in [0, 0.1) is 0 Å². The van der Waals surface area contributed by atoms with Gasteiger partial charge in [0.2, 0.25) is 0 Å². The number of fused-ring (bicyclic) bond motifs is 1. The smallest absolute Gasteiger partial charge is 0.146 e. The van der Waals surface area contributed by atoms with E-state index in [1.807, 2.05) is 35.7 Å². The molecule has 0 aliphatic carbocycles. The molecule has 1 aromatic carbocycles. The van der Waals surface area contributed by atoms with Crippen LogP contribution in [0.5, 0.6) is 5.75 Å². The minimum atomic E-state index is 0.437. The van der Waals surface area contributed by atoms with E-state index in [9.17, 15) is 0 Å². The van der Waals surface area contributed by atoms with Gasteiger partial charge in [-0.1, -0.05) is 18.2 Å². The SMILES string of the molecule is ClCc1csc(COc2cccc3cccnc23)n1.